The van der Waals surface area contributed by atoms with Crippen LogP contribution in [0.15, 0.2) is 18.3 Å². The highest BCUT2D eigenvalue weighted by atomic mass is 16.1. The molecule has 0 aromatic carbocycles. The number of carbonyl (C=O) groups excluding carboxylic acids is 1. The van der Waals surface area contributed by atoms with E-state index in [1.165, 1.54) is 19.3 Å². The van der Waals surface area contributed by atoms with Crippen LogP contribution >= 0.6 is 0 Å². The van der Waals surface area contributed by atoms with E-state index in [0.717, 1.165) is 25.3 Å². The van der Waals surface area contributed by atoms with Crippen molar-refractivity contribution in [3.05, 3.63) is 23.9 Å². The molecule has 0 saturated heterocycles. The van der Waals surface area contributed by atoms with Crippen LogP contribution in [0.1, 0.15) is 49.9 Å². The average molecular weight is 261 g/mol. The summed E-state index contributed by atoms with van der Waals surface area (Å²) in [6.45, 7) is 5.85. The maximum Gasteiger partial charge on any atom is 0.252 e. The van der Waals surface area contributed by atoms with Crippen LogP contribution in [0.4, 0.5) is 5.82 Å². The first kappa shape index (κ1) is 13.8. The lowest BCUT2D eigenvalue weighted by molar-refractivity contribution is 0.0850. The number of nitrogens with one attached hydrogen (secondary N) is 2. The first-order valence-electron chi connectivity index (χ1n) is 7.17. The molecule has 1 aromatic rings. The van der Waals surface area contributed by atoms with Crippen molar-refractivity contribution in [2.45, 2.75) is 39.5 Å². The summed E-state index contributed by atoms with van der Waals surface area (Å²) >= 11 is 0. The van der Waals surface area contributed by atoms with Gasteiger partial charge in [-0.15, -0.1) is 0 Å². The number of rotatable bonds is 6. The zero-order chi connectivity index (χ0) is 13.7. The van der Waals surface area contributed by atoms with E-state index in [2.05, 4.69) is 22.5 Å². The molecule has 1 heterocycles. The lowest BCUT2D eigenvalue weighted by Crippen LogP contribution is -2.41. The molecule has 0 unspecified atom stereocenters. The van der Waals surface area contributed by atoms with E-state index in [9.17, 15) is 4.79 Å². The molecule has 1 saturated carbocycles. The molecule has 2 rings (SSSR count). The number of hydrogen-bond acceptors (Lipinski definition) is 3. The van der Waals surface area contributed by atoms with Gasteiger partial charge in [-0.3, -0.25) is 4.79 Å². The first-order chi connectivity index (χ1) is 9.19. The lowest BCUT2D eigenvalue weighted by atomic mass is 9.67. The molecule has 104 valence electrons. The molecule has 1 aliphatic rings. The summed E-state index contributed by atoms with van der Waals surface area (Å²) in [6.07, 6.45) is 6.54. The molecule has 19 heavy (non-hydrogen) atoms. The third-order valence-electron chi connectivity index (χ3n) is 4.17. The van der Waals surface area contributed by atoms with Crippen molar-refractivity contribution >= 4 is 11.7 Å². The summed E-state index contributed by atoms with van der Waals surface area (Å²) in [7, 11) is 0. The van der Waals surface area contributed by atoms with Gasteiger partial charge < -0.3 is 10.6 Å². The highest BCUT2D eigenvalue weighted by Gasteiger charge is 2.35. The van der Waals surface area contributed by atoms with Crippen molar-refractivity contribution in [1.82, 2.24) is 10.3 Å². The normalized spacial score (nSPS) is 16.5. The molecular formula is C15H23N3O. The molecule has 4 heteroatoms. The summed E-state index contributed by atoms with van der Waals surface area (Å²) in [4.78, 5) is 16.3. The van der Waals surface area contributed by atoms with Gasteiger partial charge in [0.25, 0.3) is 5.91 Å². The van der Waals surface area contributed by atoms with Crippen molar-refractivity contribution in [3.8, 4) is 0 Å². The Hall–Kier alpha value is -1.58. The van der Waals surface area contributed by atoms with E-state index < -0.39 is 0 Å². The van der Waals surface area contributed by atoms with Gasteiger partial charge in [0, 0.05) is 19.3 Å². The second-order valence-corrected chi connectivity index (χ2v) is 5.35. The lowest BCUT2D eigenvalue weighted by Gasteiger charge is -2.41. The van der Waals surface area contributed by atoms with E-state index >= 15 is 0 Å². The van der Waals surface area contributed by atoms with Crippen LogP contribution in [0.3, 0.4) is 0 Å². The predicted octanol–water partition coefficient (Wildman–Crippen LogP) is 2.82. The van der Waals surface area contributed by atoms with Crippen LogP contribution in [0, 0.1) is 5.41 Å². The summed E-state index contributed by atoms with van der Waals surface area (Å²) < 4.78 is 0. The molecule has 0 aliphatic heterocycles. The van der Waals surface area contributed by atoms with Crippen LogP contribution in [0.5, 0.6) is 0 Å². The van der Waals surface area contributed by atoms with Crippen LogP contribution in [0.2, 0.25) is 0 Å². The Labute approximate surface area is 115 Å². The van der Waals surface area contributed by atoms with E-state index in [4.69, 9.17) is 0 Å². The van der Waals surface area contributed by atoms with Crippen LogP contribution in [0.25, 0.3) is 0 Å². The molecular weight excluding hydrogens is 238 g/mol. The topological polar surface area (TPSA) is 54.0 Å². The van der Waals surface area contributed by atoms with Gasteiger partial charge in [-0.05, 0) is 43.7 Å². The fraction of sp³-hybridized carbons (Fsp3) is 0.600. The van der Waals surface area contributed by atoms with Gasteiger partial charge in [-0.1, -0.05) is 13.3 Å². The number of aromatic nitrogens is 1. The van der Waals surface area contributed by atoms with Gasteiger partial charge in [0.2, 0.25) is 0 Å². The number of amides is 1. The quantitative estimate of drug-likeness (QED) is 0.828. The van der Waals surface area contributed by atoms with Crippen molar-refractivity contribution in [1.29, 1.82) is 0 Å². The van der Waals surface area contributed by atoms with Gasteiger partial charge in [0.05, 0.1) is 5.56 Å². The van der Waals surface area contributed by atoms with E-state index in [1.54, 1.807) is 6.20 Å². The fourth-order valence-corrected chi connectivity index (χ4v) is 2.52. The highest BCUT2D eigenvalue weighted by molar-refractivity contribution is 5.94. The fourth-order valence-electron chi connectivity index (χ4n) is 2.52. The van der Waals surface area contributed by atoms with Crippen molar-refractivity contribution < 1.29 is 4.79 Å². The Morgan fingerprint density at radius 2 is 2.16 bits per heavy atom. The molecule has 2 N–H and O–H groups in total. The number of carbonyl (C=O) groups is 1. The molecule has 4 nitrogen and oxygen atoms in total. The Morgan fingerprint density at radius 1 is 1.37 bits per heavy atom. The molecule has 0 bridgehead atoms. The van der Waals surface area contributed by atoms with Crippen molar-refractivity contribution in [2.75, 3.05) is 18.4 Å². The average Bonchev–Trinajstić information content (AvgIpc) is 2.39. The minimum absolute atomic E-state index is 0.0183. The van der Waals surface area contributed by atoms with Crippen LogP contribution in [-0.2, 0) is 0 Å². The van der Waals surface area contributed by atoms with E-state index in [1.807, 2.05) is 19.1 Å². The molecule has 1 fully saturated rings. The molecule has 0 radical (unpaired) electrons. The van der Waals surface area contributed by atoms with E-state index in [-0.39, 0.29) is 5.91 Å². The minimum Gasteiger partial charge on any atom is -0.370 e. The molecule has 0 spiro atoms. The second-order valence-electron chi connectivity index (χ2n) is 5.35. The van der Waals surface area contributed by atoms with Gasteiger partial charge >= 0.3 is 0 Å². The zero-order valence-corrected chi connectivity index (χ0v) is 11.8. The summed E-state index contributed by atoms with van der Waals surface area (Å²) in [6, 6.07) is 3.66. The van der Waals surface area contributed by atoms with Gasteiger partial charge in [0.15, 0.2) is 0 Å². The SMILES string of the molecule is CCNc1ccc(C(=O)NCC2(CC)CCC2)cn1. The molecule has 1 aromatic heterocycles. The largest absolute Gasteiger partial charge is 0.370 e. The Kier molecular flexibility index (Phi) is 4.40. The Morgan fingerprint density at radius 3 is 2.63 bits per heavy atom. The number of anilines is 1. The van der Waals surface area contributed by atoms with Crippen molar-refractivity contribution in [3.63, 3.8) is 0 Å². The second kappa shape index (κ2) is 6.04. The monoisotopic (exact) mass is 261 g/mol. The highest BCUT2D eigenvalue weighted by Crippen LogP contribution is 2.43. The third-order valence-corrected chi connectivity index (χ3v) is 4.17. The Bertz CT molecular complexity index is 418. The first-order valence-corrected chi connectivity index (χ1v) is 7.17. The summed E-state index contributed by atoms with van der Waals surface area (Å²) in [5, 5.41) is 6.16. The van der Waals surface area contributed by atoms with Gasteiger partial charge in [-0.2, -0.15) is 0 Å². The predicted molar refractivity (Wildman–Crippen MR) is 77.3 cm³/mol. The molecule has 1 aliphatic carbocycles. The zero-order valence-electron chi connectivity index (χ0n) is 11.8. The van der Waals surface area contributed by atoms with Crippen LogP contribution < -0.4 is 10.6 Å². The summed E-state index contributed by atoms with van der Waals surface area (Å²) in [5.74, 6) is 0.790. The van der Waals surface area contributed by atoms with Crippen molar-refractivity contribution in [2.24, 2.45) is 5.41 Å². The maximum atomic E-state index is 12.0. The smallest absolute Gasteiger partial charge is 0.252 e. The van der Waals surface area contributed by atoms with Gasteiger partial charge in [0.1, 0.15) is 5.82 Å². The number of nitrogens with zero attached hydrogens (tertiary/aromatic N) is 1. The van der Waals surface area contributed by atoms with Crippen LogP contribution in [-0.4, -0.2) is 24.0 Å². The molecule has 0 atom stereocenters. The number of pyridine rings is 1. The standard InChI is InChI=1S/C15H23N3O/c1-3-15(8-5-9-15)11-18-14(19)12-6-7-13(16-4-2)17-10-12/h6-7,10H,3-5,8-9,11H2,1-2H3,(H,16,17)(H,18,19). The third kappa shape index (κ3) is 3.25. The maximum absolute atomic E-state index is 12.0. The Balaban J connectivity index is 1.89. The molecule has 1 amide bonds. The van der Waals surface area contributed by atoms with E-state index in [0.29, 0.717) is 11.0 Å². The van der Waals surface area contributed by atoms with Gasteiger partial charge in [-0.25, -0.2) is 4.98 Å². The summed E-state index contributed by atoms with van der Waals surface area (Å²) in [5.41, 5.74) is 0.986. The minimum atomic E-state index is -0.0183. The number of hydrogen-bond donors (Lipinski definition) is 2.